The second-order valence-corrected chi connectivity index (χ2v) is 8.13. The zero-order chi connectivity index (χ0) is 15.0. The van der Waals surface area contributed by atoms with Crippen LogP contribution in [0.2, 0.25) is 0 Å². The van der Waals surface area contributed by atoms with Gasteiger partial charge < -0.3 is 0 Å². The van der Waals surface area contributed by atoms with Gasteiger partial charge in [-0.05, 0) is 34.1 Å². The molecule has 2 rings (SSSR count). The average molecular weight is 269 g/mol. The number of pyridine rings is 1. The molecule has 1 heteroatoms. The van der Waals surface area contributed by atoms with Gasteiger partial charge in [0.15, 0.2) is 0 Å². The Morgan fingerprint density at radius 3 is 2.20 bits per heavy atom. The first-order chi connectivity index (χ1) is 9.18. The van der Waals surface area contributed by atoms with Crippen LogP contribution in [0.3, 0.4) is 0 Å². The standard InChI is InChI=1S/C19H27N/c1-18(2,3)11-17(19(4,5)6)16-13-20-12-14-9-7-8-10-15(14)16/h7-10,12-13,17H,11H2,1-6H3. The van der Waals surface area contributed by atoms with Crippen molar-refractivity contribution < 1.29 is 0 Å². The molecule has 0 aliphatic carbocycles. The van der Waals surface area contributed by atoms with Gasteiger partial charge in [0, 0.05) is 17.8 Å². The maximum Gasteiger partial charge on any atom is 0.0346 e. The van der Waals surface area contributed by atoms with Gasteiger partial charge in [-0.2, -0.15) is 0 Å². The van der Waals surface area contributed by atoms with Crippen LogP contribution >= 0.6 is 0 Å². The third-order valence-corrected chi connectivity index (χ3v) is 3.94. The minimum Gasteiger partial charge on any atom is -0.264 e. The van der Waals surface area contributed by atoms with Gasteiger partial charge in [-0.1, -0.05) is 65.8 Å². The van der Waals surface area contributed by atoms with Crippen molar-refractivity contribution in [2.75, 3.05) is 0 Å². The second-order valence-electron chi connectivity index (χ2n) is 8.13. The zero-order valence-corrected chi connectivity index (χ0v) is 13.7. The largest absolute Gasteiger partial charge is 0.264 e. The van der Waals surface area contributed by atoms with Crippen LogP contribution < -0.4 is 0 Å². The van der Waals surface area contributed by atoms with Crippen LogP contribution in [0.4, 0.5) is 0 Å². The van der Waals surface area contributed by atoms with Gasteiger partial charge in [-0.3, -0.25) is 4.98 Å². The highest BCUT2D eigenvalue weighted by Gasteiger charge is 2.31. The molecule has 0 aliphatic rings. The lowest BCUT2D eigenvalue weighted by atomic mass is 9.69. The fourth-order valence-electron chi connectivity index (χ4n) is 2.91. The molecule has 0 bridgehead atoms. The first-order valence-electron chi connectivity index (χ1n) is 7.51. The van der Waals surface area contributed by atoms with Gasteiger partial charge in [0.1, 0.15) is 0 Å². The summed E-state index contributed by atoms with van der Waals surface area (Å²) in [6, 6.07) is 8.60. The summed E-state index contributed by atoms with van der Waals surface area (Å²) in [6.07, 6.45) is 5.21. The minimum atomic E-state index is 0.235. The summed E-state index contributed by atoms with van der Waals surface area (Å²) in [4.78, 5) is 4.48. The summed E-state index contributed by atoms with van der Waals surface area (Å²) in [5, 5.41) is 2.60. The van der Waals surface area contributed by atoms with E-state index in [4.69, 9.17) is 0 Å². The molecule has 0 saturated heterocycles. The van der Waals surface area contributed by atoms with Gasteiger partial charge in [-0.25, -0.2) is 0 Å². The van der Waals surface area contributed by atoms with E-state index in [1.54, 1.807) is 0 Å². The lowest BCUT2D eigenvalue weighted by Crippen LogP contribution is -2.24. The van der Waals surface area contributed by atoms with E-state index < -0.39 is 0 Å². The van der Waals surface area contributed by atoms with Crippen LogP contribution in [0.1, 0.15) is 59.4 Å². The molecule has 2 aromatic rings. The number of nitrogens with zero attached hydrogens (tertiary/aromatic N) is 1. The molecule has 1 nitrogen and oxygen atoms in total. The average Bonchev–Trinajstić information content (AvgIpc) is 2.33. The summed E-state index contributed by atoms with van der Waals surface area (Å²) in [6.45, 7) is 14.0. The Bertz CT molecular complexity index is 579. The van der Waals surface area contributed by atoms with Gasteiger partial charge >= 0.3 is 0 Å². The molecular formula is C19H27N. The van der Waals surface area contributed by atoms with E-state index in [1.807, 2.05) is 6.20 Å². The number of aromatic nitrogens is 1. The van der Waals surface area contributed by atoms with E-state index in [-0.39, 0.29) is 5.41 Å². The number of fused-ring (bicyclic) bond motifs is 1. The van der Waals surface area contributed by atoms with Gasteiger partial charge in [0.05, 0.1) is 0 Å². The molecular weight excluding hydrogens is 242 g/mol. The van der Waals surface area contributed by atoms with E-state index in [0.717, 1.165) is 0 Å². The molecule has 0 spiro atoms. The Kier molecular flexibility index (Phi) is 3.90. The van der Waals surface area contributed by atoms with Gasteiger partial charge in [-0.15, -0.1) is 0 Å². The normalized spacial score (nSPS) is 14.5. The van der Waals surface area contributed by atoms with Crippen LogP contribution in [0, 0.1) is 10.8 Å². The summed E-state index contributed by atoms with van der Waals surface area (Å²) in [5.74, 6) is 0.515. The monoisotopic (exact) mass is 269 g/mol. The highest BCUT2D eigenvalue weighted by molar-refractivity contribution is 5.85. The summed E-state index contributed by atoms with van der Waals surface area (Å²) in [7, 11) is 0. The maximum atomic E-state index is 4.48. The Hall–Kier alpha value is -1.37. The number of hydrogen-bond donors (Lipinski definition) is 0. The molecule has 0 N–H and O–H groups in total. The van der Waals surface area contributed by atoms with E-state index in [2.05, 4.69) is 77.0 Å². The molecule has 0 radical (unpaired) electrons. The van der Waals surface area contributed by atoms with Crippen molar-refractivity contribution in [2.24, 2.45) is 10.8 Å². The van der Waals surface area contributed by atoms with Crippen molar-refractivity contribution in [3.8, 4) is 0 Å². The minimum absolute atomic E-state index is 0.235. The third kappa shape index (κ3) is 3.39. The first-order valence-corrected chi connectivity index (χ1v) is 7.51. The SMILES string of the molecule is CC(C)(C)CC(c1cncc2ccccc12)C(C)(C)C. The van der Waals surface area contributed by atoms with E-state index in [0.29, 0.717) is 11.3 Å². The molecule has 0 aliphatic heterocycles. The van der Waals surface area contributed by atoms with E-state index in [9.17, 15) is 0 Å². The predicted molar refractivity (Wildman–Crippen MR) is 88.0 cm³/mol. The zero-order valence-electron chi connectivity index (χ0n) is 13.7. The highest BCUT2D eigenvalue weighted by atomic mass is 14.6. The van der Waals surface area contributed by atoms with Crippen molar-refractivity contribution in [2.45, 2.75) is 53.9 Å². The van der Waals surface area contributed by atoms with Crippen molar-refractivity contribution in [3.05, 3.63) is 42.2 Å². The molecule has 0 fully saturated rings. The van der Waals surface area contributed by atoms with Crippen LogP contribution in [0.25, 0.3) is 10.8 Å². The Morgan fingerprint density at radius 2 is 1.60 bits per heavy atom. The van der Waals surface area contributed by atoms with Crippen molar-refractivity contribution in [3.63, 3.8) is 0 Å². The molecule has 20 heavy (non-hydrogen) atoms. The summed E-state index contributed by atoms with van der Waals surface area (Å²) >= 11 is 0. The van der Waals surface area contributed by atoms with Crippen LogP contribution in [0.15, 0.2) is 36.7 Å². The Balaban J connectivity index is 2.57. The number of rotatable bonds is 2. The second kappa shape index (κ2) is 5.20. The lowest BCUT2D eigenvalue weighted by molar-refractivity contribution is 0.230. The Morgan fingerprint density at radius 1 is 0.950 bits per heavy atom. The van der Waals surface area contributed by atoms with E-state index in [1.165, 1.54) is 22.8 Å². The topological polar surface area (TPSA) is 12.9 Å². The number of hydrogen-bond acceptors (Lipinski definition) is 1. The number of benzene rings is 1. The fraction of sp³-hybridized carbons (Fsp3) is 0.526. The Labute approximate surface area is 123 Å². The molecule has 108 valence electrons. The molecule has 1 atom stereocenters. The molecule has 1 unspecified atom stereocenters. The summed E-state index contributed by atoms with van der Waals surface area (Å²) < 4.78 is 0. The van der Waals surface area contributed by atoms with Gasteiger partial charge in [0.25, 0.3) is 0 Å². The van der Waals surface area contributed by atoms with Crippen LogP contribution in [-0.4, -0.2) is 4.98 Å². The third-order valence-electron chi connectivity index (χ3n) is 3.94. The summed E-state index contributed by atoms with van der Waals surface area (Å²) in [5.41, 5.74) is 1.94. The van der Waals surface area contributed by atoms with Crippen LogP contribution in [-0.2, 0) is 0 Å². The fourth-order valence-corrected chi connectivity index (χ4v) is 2.91. The molecule has 1 aromatic heterocycles. The predicted octanol–water partition coefficient (Wildman–Crippen LogP) is 5.80. The quantitative estimate of drug-likeness (QED) is 0.671. The lowest BCUT2D eigenvalue weighted by Gasteiger charge is -2.36. The highest BCUT2D eigenvalue weighted by Crippen LogP contribution is 2.44. The van der Waals surface area contributed by atoms with Crippen molar-refractivity contribution in [1.29, 1.82) is 0 Å². The maximum absolute atomic E-state index is 4.48. The smallest absolute Gasteiger partial charge is 0.0346 e. The molecule has 0 amide bonds. The van der Waals surface area contributed by atoms with Crippen molar-refractivity contribution >= 4 is 10.8 Å². The molecule has 0 saturated carbocycles. The van der Waals surface area contributed by atoms with Gasteiger partial charge in [0.2, 0.25) is 0 Å². The van der Waals surface area contributed by atoms with Crippen molar-refractivity contribution in [1.82, 2.24) is 4.98 Å². The van der Waals surface area contributed by atoms with E-state index >= 15 is 0 Å². The molecule has 1 heterocycles. The molecule has 1 aromatic carbocycles. The van der Waals surface area contributed by atoms with Crippen LogP contribution in [0.5, 0.6) is 0 Å². The first kappa shape index (κ1) is 15.0.